The van der Waals surface area contributed by atoms with Crippen LogP contribution in [0.15, 0.2) is 97.1 Å². The maximum Gasteiger partial charge on any atom is 0.305 e. The van der Waals surface area contributed by atoms with Gasteiger partial charge >= 0.3 is 11.4 Å². The van der Waals surface area contributed by atoms with Crippen molar-refractivity contribution in [2.75, 3.05) is 13.2 Å². The minimum absolute atomic E-state index is 0.173. The van der Waals surface area contributed by atoms with E-state index in [1.807, 2.05) is 84.9 Å². The largest absolute Gasteiger partial charge is 0.490 e. The normalized spacial score (nSPS) is 13.5. The molecule has 38 heavy (non-hydrogen) atoms. The molecule has 2 atom stereocenters. The van der Waals surface area contributed by atoms with Crippen LogP contribution in [-0.2, 0) is 19.7 Å². The van der Waals surface area contributed by atoms with E-state index in [0.717, 1.165) is 22.3 Å². The van der Waals surface area contributed by atoms with Crippen LogP contribution in [0.25, 0.3) is 22.3 Å². The van der Waals surface area contributed by atoms with Crippen LogP contribution in [0, 0.1) is 0 Å². The molecule has 0 saturated heterocycles. The lowest BCUT2D eigenvalue weighted by molar-refractivity contribution is 0.104. The summed E-state index contributed by atoms with van der Waals surface area (Å²) in [6.07, 6.45) is -0.992. The van der Waals surface area contributed by atoms with E-state index in [2.05, 4.69) is 0 Å². The molecule has 0 bridgehead atoms. The van der Waals surface area contributed by atoms with Crippen molar-refractivity contribution in [3.05, 3.63) is 107 Å². The summed E-state index contributed by atoms with van der Waals surface area (Å²) in [5.74, 6) is 1.31. The second kappa shape index (κ2) is 13.8. The fourth-order valence-electron chi connectivity index (χ4n) is 3.70. The molecular formula is C30H28Cl2O5S. The summed E-state index contributed by atoms with van der Waals surface area (Å²) in [6.45, 7) is 3.88. The highest BCUT2D eigenvalue weighted by Gasteiger charge is 2.17. The van der Waals surface area contributed by atoms with E-state index in [4.69, 9.17) is 41.0 Å². The average molecular weight is 572 g/mol. The number of hydrogen-bond donors (Lipinski definition) is 0. The number of rotatable bonds is 12. The van der Waals surface area contributed by atoms with Crippen LogP contribution in [-0.4, -0.2) is 29.6 Å². The van der Waals surface area contributed by atoms with Gasteiger partial charge in [0.15, 0.2) is 0 Å². The fourth-order valence-corrected chi connectivity index (χ4v) is 4.74. The molecule has 0 saturated carbocycles. The smallest absolute Gasteiger partial charge is 0.305 e. The minimum atomic E-state index is -1.99. The Bertz CT molecular complexity index is 1250. The first-order valence-corrected chi connectivity index (χ1v) is 13.9. The van der Waals surface area contributed by atoms with Gasteiger partial charge in [-0.2, -0.15) is 4.21 Å². The summed E-state index contributed by atoms with van der Waals surface area (Å²) in [5.41, 5.74) is 3.70. The number of benzene rings is 4. The second-order valence-corrected chi connectivity index (χ2v) is 10.3. The number of ether oxygens (including phenoxy) is 2. The molecule has 0 fully saturated rings. The summed E-state index contributed by atoms with van der Waals surface area (Å²) >= 11 is 10.4. The maximum absolute atomic E-state index is 12.5. The van der Waals surface area contributed by atoms with Crippen LogP contribution < -0.4 is 9.47 Å². The molecule has 0 aromatic heterocycles. The lowest BCUT2D eigenvalue weighted by atomic mass is 10.0. The highest BCUT2D eigenvalue weighted by Crippen LogP contribution is 2.34. The lowest BCUT2D eigenvalue weighted by Gasteiger charge is -2.18. The molecule has 4 aromatic carbocycles. The first kappa shape index (κ1) is 28.1. The molecule has 8 heteroatoms. The van der Waals surface area contributed by atoms with Crippen molar-refractivity contribution in [1.29, 1.82) is 0 Å². The molecule has 0 radical (unpaired) electrons. The lowest BCUT2D eigenvalue weighted by Crippen LogP contribution is -2.25. The van der Waals surface area contributed by atoms with Gasteiger partial charge in [-0.25, -0.2) is 0 Å². The Balaban J connectivity index is 1.28. The van der Waals surface area contributed by atoms with Crippen LogP contribution >= 0.6 is 23.2 Å². The van der Waals surface area contributed by atoms with Gasteiger partial charge in [0.1, 0.15) is 36.9 Å². The zero-order valence-corrected chi connectivity index (χ0v) is 23.3. The molecule has 4 aromatic rings. The molecule has 198 valence electrons. The summed E-state index contributed by atoms with van der Waals surface area (Å²) in [6, 6.07) is 30.5. The summed E-state index contributed by atoms with van der Waals surface area (Å²) in [4.78, 5) is 0. The van der Waals surface area contributed by atoms with E-state index in [0.29, 0.717) is 21.5 Å². The molecular weight excluding hydrogens is 543 g/mol. The zero-order chi connectivity index (χ0) is 26.9. The number of halogens is 2. The third kappa shape index (κ3) is 8.06. The van der Waals surface area contributed by atoms with Gasteiger partial charge in [-0.05, 0) is 61.4 Å². The second-order valence-electron chi connectivity index (χ2n) is 8.65. The van der Waals surface area contributed by atoms with Crippen LogP contribution in [0.1, 0.15) is 13.8 Å². The molecule has 2 unspecified atom stereocenters. The predicted octanol–water partition coefficient (Wildman–Crippen LogP) is 8.17. The highest BCUT2D eigenvalue weighted by atomic mass is 35.5. The first-order chi connectivity index (χ1) is 18.4. The van der Waals surface area contributed by atoms with Crippen LogP contribution in [0.2, 0.25) is 10.0 Å². The van der Waals surface area contributed by atoms with Crippen molar-refractivity contribution < 1.29 is 22.0 Å². The van der Waals surface area contributed by atoms with Gasteiger partial charge in [0.25, 0.3) is 0 Å². The van der Waals surface area contributed by atoms with Crippen molar-refractivity contribution >= 4 is 34.6 Å². The third-order valence-electron chi connectivity index (χ3n) is 5.49. The molecule has 5 nitrogen and oxygen atoms in total. The molecule has 4 rings (SSSR count). The molecule has 0 aliphatic carbocycles. The van der Waals surface area contributed by atoms with Gasteiger partial charge in [0, 0.05) is 21.2 Å². The Morgan fingerprint density at radius 2 is 1.03 bits per heavy atom. The topological polar surface area (TPSA) is 54.0 Å². The average Bonchev–Trinajstić information content (AvgIpc) is 2.92. The molecule has 0 N–H and O–H groups in total. The van der Waals surface area contributed by atoms with Gasteiger partial charge in [-0.15, -0.1) is 0 Å². The SMILES string of the molecule is CC(COc1ccc(Cl)cc1-c1ccccc1)OS(=O)OC(C)COc1ccc(Cl)cc1-c1ccccc1. The third-order valence-corrected chi connectivity index (χ3v) is 6.93. The Kier molecular flexibility index (Phi) is 10.2. The summed E-state index contributed by atoms with van der Waals surface area (Å²) < 4.78 is 35.4. The Labute approximate surface area is 236 Å². The van der Waals surface area contributed by atoms with Gasteiger partial charge in [-0.1, -0.05) is 83.9 Å². The standard InChI is InChI=1S/C30H28Cl2O5S/c1-21(19-34-29-15-13-25(31)17-27(29)23-9-5-3-6-10-23)36-38(33)37-22(2)20-35-30-16-14-26(32)18-28(30)24-11-7-4-8-12-24/h3-18,21-22H,19-20H2,1-2H3. The molecule has 0 spiro atoms. The van der Waals surface area contributed by atoms with Gasteiger partial charge < -0.3 is 9.47 Å². The quantitative estimate of drug-likeness (QED) is 0.172. The van der Waals surface area contributed by atoms with E-state index >= 15 is 0 Å². The zero-order valence-electron chi connectivity index (χ0n) is 21.0. The van der Waals surface area contributed by atoms with E-state index in [1.54, 1.807) is 26.0 Å². The molecule has 0 aliphatic heterocycles. The first-order valence-electron chi connectivity index (χ1n) is 12.1. The van der Waals surface area contributed by atoms with E-state index in [9.17, 15) is 4.21 Å². The fraction of sp³-hybridized carbons (Fsp3) is 0.200. The van der Waals surface area contributed by atoms with E-state index in [1.165, 1.54) is 0 Å². The van der Waals surface area contributed by atoms with Crippen LogP contribution in [0.3, 0.4) is 0 Å². The Morgan fingerprint density at radius 3 is 1.42 bits per heavy atom. The molecule has 0 aliphatic rings. The Morgan fingerprint density at radius 1 is 0.632 bits per heavy atom. The van der Waals surface area contributed by atoms with Crippen LogP contribution in [0.4, 0.5) is 0 Å². The monoisotopic (exact) mass is 570 g/mol. The van der Waals surface area contributed by atoms with Crippen molar-refractivity contribution in [1.82, 2.24) is 0 Å². The van der Waals surface area contributed by atoms with E-state index < -0.39 is 23.6 Å². The molecule has 0 amide bonds. The highest BCUT2D eigenvalue weighted by molar-refractivity contribution is 7.75. The summed E-state index contributed by atoms with van der Waals surface area (Å²) in [5, 5.41) is 1.22. The van der Waals surface area contributed by atoms with Crippen molar-refractivity contribution in [3.63, 3.8) is 0 Å². The van der Waals surface area contributed by atoms with Gasteiger partial charge in [0.2, 0.25) is 0 Å². The van der Waals surface area contributed by atoms with E-state index in [-0.39, 0.29) is 13.2 Å². The van der Waals surface area contributed by atoms with Crippen molar-refractivity contribution in [2.45, 2.75) is 26.1 Å². The predicted molar refractivity (Wildman–Crippen MR) is 154 cm³/mol. The van der Waals surface area contributed by atoms with Gasteiger partial charge in [-0.3, -0.25) is 8.37 Å². The molecule has 0 heterocycles. The minimum Gasteiger partial charge on any atom is -0.490 e. The summed E-state index contributed by atoms with van der Waals surface area (Å²) in [7, 11) is 0. The van der Waals surface area contributed by atoms with Crippen molar-refractivity contribution in [2.24, 2.45) is 0 Å². The van der Waals surface area contributed by atoms with Gasteiger partial charge in [0.05, 0.1) is 0 Å². The maximum atomic E-state index is 12.5. The number of hydrogen-bond acceptors (Lipinski definition) is 5. The van der Waals surface area contributed by atoms with Crippen LogP contribution in [0.5, 0.6) is 11.5 Å². The Hall–Kier alpha value is -2.87. The van der Waals surface area contributed by atoms with Crippen molar-refractivity contribution in [3.8, 4) is 33.8 Å².